The molecule has 0 saturated carbocycles. The molecule has 0 bridgehead atoms. The zero-order chi connectivity index (χ0) is 13.7. The summed E-state index contributed by atoms with van der Waals surface area (Å²) in [5.41, 5.74) is 3.03. The van der Waals surface area contributed by atoms with Gasteiger partial charge in [-0.2, -0.15) is 4.98 Å². The second kappa shape index (κ2) is 6.44. The second-order valence-electron chi connectivity index (χ2n) is 3.80. The van der Waals surface area contributed by atoms with E-state index in [2.05, 4.69) is 36.6 Å². The van der Waals surface area contributed by atoms with Gasteiger partial charge in [0.15, 0.2) is 0 Å². The summed E-state index contributed by atoms with van der Waals surface area (Å²) < 4.78 is 14.1. The van der Waals surface area contributed by atoms with Gasteiger partial charge in [0.2, 0.25) is 5.95 Å². The lowest BCUT2D eigenvalue weighted by Crippen LogP contribution is -2.13. The molecule has 4 N–H and O–H groups in total. The number of hydrogen-bond acceptors (Lipinski definition) is 5. The van der Waals surface area contributed by atoms with Crippen molar-refractivity contribution in [1.29, 1.82) is 0 Å². The minimum absolute atomic E-state index is 0.199. The number of halogens is 2. The summed E-state index contributed by atoms with van der Waals surface area (Å²) in [6.45, 7) is 0.556. The van der Waals surface area contributed by atoms with Crippen LogP contribution in [0.2, 0.25) is 0 Å². The van der Waals surface area contributed by atoms with E-state index in [1.54, 1.807) is 18.3 Å². The van der Waals surface area contributed by atoms with Crippen molar-refractivity contribution in [2.45, 2.75) is 6.42 Å². The summed E-state index contributed by atoms with van der Waals surface area (Å²) in [7, 11) is 0. The number of rotatable bonds is 5. The Balaban J connectivity index is 1.98. The lowest BCUT2D eigenvalue weighted by Gasteiger charge is -2.09. The highest BCUT2D eigenvalue weighted by Gasteiger charge is 2.05. The zero-order valence-corrected chi connectivity index (χ0v) is 11.6. The number of nitrogens with one attached hydrogen (secondary N) is 2. The Hall–Kier alpha value is -1.73. The molecular formula is C12H13BrFN5. The Morgan fingerprint density at radius 2 is 2.11 bits per heavy atom. The quantitative estimate of drug-likeness (QED) is 0.581. The Bertz CT molecular complexity index is 564. The molecule has 0 fully saturated rings. The van der Waals surface area contributed by atoms with E-state index in [-0.39, 0.29) is 5.82 Å². The van der Waals surface area contributed by atoms with Crippen LogP contribution in [0.4, 0.5) is 16.2 Å². The summed E-state index contributed by atoms with van der Waals surface area (Å²) in [5, 5.41) is 3.10. The number of anilines is 2. The third kappa shape index (κ3) is 3.62. The minimum atomic E-state index is -0.199. The molecule has 0 amide bonds. The van der Waals surface area contributed by atoms with Gasteiger partial charge in [-0.1, -0.05) is 18.2 Å². The first-order valence-electron chi connectivity index (χ1n) is 5.67. The molecule has 2 aromatic rings. The molecule has 7 heteroatoms. The number of nitrogen functional groups attached to an aromatic ring is 1. The average molecular weight is 326 g/mol. The van der Waals surface area contributed by atoms with Crippen LogP contribution in [0, 0.1) is 5.82 Å². The highest BCUT2D eigenvalue weighted by molar-refractivity contribution is 9.10. The smallest absolute Gasteiger partial charge is 0.239 e. The molecule has 0 aliphatic carbocycles. The maximum Gasteiger partial charge on any atom is 0.239 e. The van der Waals surface area contributed by atoms with E-state index in [1.807, 2.05) is 6.07 Å². The molecule has 0 aliphatic heterocycles. The number of nitrogens with zero attached hydrogens (tertiary/aromatic N) is 2. The molecule has 0 radical (unpaired) electrons. The topological polar surface area (TPSA) is 75.9 Å². The van der Waals surface area contributed by atoms with Crippen molar-refractivity contribution in [2.75, 3.05) is 17.3 Å². The standard InChI is InChI=1S/C12H13BrFN5/c13-9-7-17-12(19-15)18-11(9)16-6-5-8-3-1-2-4-10(8)14/h1-4,7H,5-6,15H2,(H2,16,17,18,19). The lowest BCUT2D eigenvalue weighted by atomic mass is 10.1. The molecule has 0 unspecified atom stereocenters. The number of benzene rings is 1. The van der Waals surface area contributed by atoms with Crippen molar-refractivity contribution in [2.24, 2.45) is 5.84 Å². The lowest BCUT2D eigenvalue weighted by molar-refractivity contribution is 0.610. The van der Waals surface area contributed by atoms with E-state index in [4.69, 9.17) is 5.84 Å². The van der Waals surface area contributed by atoms with Crippen molar-refractivity contribution in [3.63, 3.8) is 0 Å². The van der Waals surface area contributed by atoms with Crippen LogP contribution in [0.1, 0.15) is 5.56 Å². The fourth-order valence-corrected chi connectivity index (χ4v) is 1.91. The zero-order valence-electron chi connectivity index (χ0n) is 10.0. The molecular weight excluding hydrogens is 313 g/mol. The molecule has 0 spiro atoms. The molecule has 2 rings (SSSR count). The SMILES string of the molecule is NNc1ncc(Br)c(NCCc2ccccc2F)n1. The molecule has 1 aromatic heterocycles. The van der Waals surface area contributed by atoms with Crippen LogP contribution in [0.3, 0.4) is 0 Å². The van der Waals surface area contributed by atoms with E-state index in [1.165, 1.54) is 6.07 Å². The third-order valence-corrected chi connectivity index (χ3v) is 3.10. The number of aromatic nitrogens is 2. The van der Waals surface area contributed by atoms with Gasteiger partial charge < -0.3 is 5.32 Å². The number of hydrazine groups is 1. The molecule has 1 heterocycles. The second-order valence-corrected chi connectivity index (χ2v) is 4.66. The van der Waals surface area contributed by atoms with Crippen molar-refractivity contribution >= 4 is 27.7 Å². The molecule has 0 atom stereocenters. The molecule has 0 aliphatic rings. The van der Waals surface area contributed by atoms with Crippen LogP contribution < -0.4 is 16.6 Å². The summed E-state index contributed by atoms with van der Waals surface area (Å²) in [4.78, 5) is 8.09. The van der Waals surface area contributed by atoms with Crippen molar-refractivity contribution < 1.29 is 4.39 Å². The van der Waals surface area contributed by atoms with Gasteiger partial charge in [0.1, 0.15) is 11.6 Å². The first-order chi connectivity index (χ1) is 9.20. The monoisotopic (exact) mass is 325 g/mol. The van der Waals surface area contributed by atoms with E-state index in [0.29, 0.717) is 30.3 Å². The Morgan fingerprint density at radius 3 is 2.84 bits per heavy atom. The van der Waals surface area contributed by atoms with Gasteiger partial charge in [-0.25, -0.2) is 15.2 Å². The number of nitrogens with two attached hydrogens (primary N) is 1. The predicted octanol–water partition coefficient (Wildman–Crippen LogP) is 2.32. The fourth-order valence-electron chi connectivity index (χ4n) is 1.58. The maximum absolute atomic E-state index is 13.4. The summed E-state index contributed by atoms with van der Waals surface area (Å²) in [5.74, 6) is 5.97. The van der Waals surface area contributed by atoms with Crippen LogP contribution in [-0.2, 0) is 6.42 Å². The van der Waals surface area contributed by atoms with Crippen LogP contribution in [0.5, 0.6) is 0 Å². The van der Waals surface area contributed by atoms with Crippen molar-refractivity contribution in [1.82, 2.24) is 9.97 Å². The van der Waals surface area contributed by atoms with Gasteiger partial charge >= 0.3 is 0 Å². The summed E-state index contributed by atoms with van der Waals surface area (Å²) >= 11 is 3.33. The molecule has 5 nitrogen and oxygen atoms in total. The Labute approximate surface area is 118 Å². The largest absolute Gasteiger partial charge is 0.369 e. The first-order valence-corrected chi connectivity index (χ1v) is 6.46. The molecule has 100 valence electrons. The van der Waals surface area contributed by atoms with Crippen LogP contribution >= 0.6 is 15.9 Å². The van der Waals surface area contributed by atoms with E-state index >= 15 is 0 Å². The van der Waals surface area contributed by atoms with Gasteiger partial charge in [-0.05, 0) is 34.0 Å². The minimum Gasteiger partial charge on any atom is -0.369 e. The fraction of sp³-hybridized carbons (Fsp3) is 0.167. The van der Waals surface area contributed by atoms with Crippen LogP contribution in [0.15, 0.2) is 34.9 Å². The number of hydrogen-bond donors (Lipinski definition) is 3. The summed E-state index contributed by atoms with van der Waals surface area (Å²) in [6.07, 6.45) is 2.15. The Morgan fingerprint density at radius 1 is 1.32 bits per heavy atom. The Kier molecular flexibility index (Phi) is 4.64. The summed E-state index contributed by atoms with van der Waals surface area (Å²) in [6, 6.07) is 6.70. The van der Waals surface area contributed by atoms with Crippen molar-refractivity contribution in [3.05, 3.63) is 46.3 Å². The van der Waals surface area contributed by atoms with Gasteiger partial charge in [0, 0.05) is 12.7 Å². The highest BCUT2D eigenvalue weighted by atomic mass is 79.9. The molecule has 19 heavy (non-hydrogen) atoms. The van der Waals surface area contributed by atoms with Crippen molar-refractivity contribution in [3.8, 4) is 0 Å². The molecule has 0 saturated heterocycles. The maximum atomic E-state index is 13.4. The normalized spacial score (nSPS) is 10.3. The van der Waals surface area contributed by atoms with E-state index < -0.39 is 0 Å². The van der Waals surface area contributed by atoms with E-state index in [9.17, 15) is 4.39 Å². The van der Waals surface area contributed by atoms with Crippen LogP contribution in [-0.4, -0.2) is 16.5 Å². The third-order valence-electron chi connectivity index (χ3n) is 2.52. The van der Waals surface area contributed by atoms with Gasteiger partial charge in [0.05, 0.1) is 4.47 Å². The van der Waals surface area contributed by atoms with Gasteiger partial charge in [-0.3, -0.25) is 5.43 Å². The average Bonchev–Trinajstić information content (AvgIpc) is 2.43. The highest BCUT2D eigenvalue weighted by Crippen LogP contribution is 2.19. The van der Waals surface area contributed by atoms with Gasteiger partial charge in [-0.15, -0.1) is 0 Å². The first kappa shape index (κ1) is 13.7. The van der Waals surface area contributed by atoms with Gasteiger partial charge in [0.25, 0.3) is 0 Å². The van der Waals surface area contributed by atoms with Crippen LogP contribution in [0.25, 0.3) is 0 Å². The predicted molar refractivity (Wildman–Crippen MR) is 76.1 cm³/mol. The molecule has 1 aromatic carbocycles. The van der Waals surface area contributed by atoms with E-state index in [0.717, 1.165) is 4.47 Å².